The number of carbonyl (C=O) groups is 8. The molecule has 3 rings (SSSR count). The smallest absolute Gasteiger partial charge is 0.326 e. The van der Waals surface area contributed by atoms with Gasteiger partial charge in [0.05, 0.1) is 12.4 Å². The quantitative estimate of drug-likeness (QED) is 0.0510. The number of imidazole rings is 1. The van der Waals surface area contributed by atoms with Crippen LogP contribution in [-0.4, -0.2) is 123 Å². The number of carboxylic acids is 1. The summed E-state index contributed by atoms with van der Waals surface area (Å²) < 4.78 is 0. The molecular formula is C40H61N11O9. The van der Waals surface area contributed by atoms with E-state index >= 15 is 0 Å². The van der Waals surface area contributed by atoms with E-state index in [0.717, 1.165) is 0 Å². The molecule has 2 heterocycles. The van der Waals surface area contributed by atoms with Crippen LogP contribution in [0.15, 0.2) is 42.9 Å². The number of carboxylic acid groups (broad SMARTS) is 1. The summed E-state index contributed by atoms with van der Waals surface area (Å²) >= 11 is 0. The van der Waals surface area contributed by atoms with Crippen molar-refractivity contribution in [2.45, 2.75) is 127 Å². The molecule has 0 bridgehead atoms. The average Bonchev–Trinajstić information content (AvgIpc) is 3.93. The zero-order valence-corrected chi connectivity index (χ0v) is 34.5. The number of primary amides is 1. The van der Waals surface area contributed by atoms with Gasteiger partial charge in [-0.25, -0.2) is 9.78 Å². The van der Waals surface area contributed by atoms with Crippen molar-refractivity contribution in [3.63, 3.8) is 0 Å². The zero-order valence-electron chi connectivity index (χ0n) is 34.5. The van der Waals surface area contributed by atoms with Gasteiger partial charge < -0.3 is 58.8 Å². The molecule has 60 heavy (non-hydrogen) atoms. The summed E-state index contributed by atoms with van der Waals surface area (Å²) in [5, 5.41) is 22.7. The first kappa shape index (κ1) is 48.5. The van der Waals surface area contributed by atoms with Crippen molar-refractivity contribution >= 4 is 47.3 Å². The number of benzene rings is 1. The molecule has 20 nitrogen and oxygen atoms in total. The summed E-state index contributed by atoms with van der Waals surface area (Å²) in [6.45, 7) is 5.63. The highest BCUT2D eigenvalue weighted by Crippen LogP contribution is 2.21. The van der Waals surface area contributed by atoms with E-state index in [4.69, 9.17) is 17.2 Å². The Balaban J connectivity index is 1.81. The van der Waals surface area contributed by atoms with Gasteiger partial charge in [-0.15, -0.1) is 0 Å². The summed E-state index contributed by atoms with van der Waals surface area (Å²) in [7, 11) is 0. The minimum Gasteiger partial charge on any atom is -0.480 e. The van der Waals surface area contributed by atoms with Crippen molar-refractivity contribution in [2.75, 3.05) is 13.1 Å². The number of hydrogen-bond donors (Lipinski definition) is 10. The van der Waals surface area contributed by atoms with Gasteiger partial charge in [0.2, 0.25) is 41.4 Å². The van der Waals surface area contributed by atoms with Crippen molar-refractivity contribution in [2.24, 2.45) is 23.1 Å². The minimum absolute atomic E-state index is 0.00167. The van der Waals surface area contributed by atoms with Gasteiger partial charge in [-0.1, -0.05) is 57.0 Å². The van der Waals surface area contributed by atoms with Crippen molar-refractivity contribution in [1.29, 1.82) is 0 Å². The Morgan fingerprint density at radius 3 is 2.18 bits per heavy atom. The number of carbonyl (C=O) groups excluding carboxylic acids is 7. The molecule has 330 valence electrons. The van der Waals surface area contributed by atoms with E-state index in [1.54, 1.807) is 37.3 Å². The normalized spacial score (nSPS) is 17.1. The van der Waals surface area contributed by atoms with E-state index in [0.29, 0.717) is 49.9 Å². The first-order chi connectivity index (χ1) is 28.6. The maximum atomic E-state index is 14.4. The zero-order chi connectivity index (χ0) is 44.4. The fourth-order valence-electron chi connectivity index (χ4n) is 6.73. The highest BCUT2D eigenvalue weighted by molar-refractivity contribution is 5.97. The highest BCUT2D eigenvalue weighted by atomic mass is 16.4. The molecule has 20 heteroatoms. The lowest BCUT2D eigenvalue weighted by Crippen LogP contribution is -2.60. The van der Waals surface area contributed by atoms with Crippen molar-refractivity contribution < 1.29 is 43.5 Å². The topological polar surface area (TPSA) is 327 Å². The number of H-pyrrole nitrogens is 1. The lowest BCUT2D eigenvalue weighted by molar-refractivity contribution is -0.143. The van der Waals surface area contributed by atoms with E-state index in [1.807, 2.05) is 6.92 Å². The summed E-state index contributed by atoms with van der Waals surface area (Å²) in [4.78, 5) is 113. The van der Waals surface area contributed by atoms with Crippen molar-refractivity contribution in [3.8, 4) is 0 Å². The average molecular weight is 840 g/mol. The van der Waals surface area contributed by atoms with E-state index in [2.05, 4.69) is 36.6 Å². The van der Waals surface area contributed by atoms with E-state index in [1.165, 1.54) is 24.3 Å². The van der Waals surface area contributed by atoms with Crippen LogP contribution in [0.4, 0.5) is 0 Å². The van der Waals surface area contributed by atoms with Gasteiger partial charge in [-0.3, -0.25) is 33.6 Å². The number of aliphatic carboxylic acids is 1. The molecule has 0 saturated carbocycles. The van der Waals surface area contributed by atoms with Crippen LogP contribution < -0.4 is 43.8 Å². The second-order valence-corrected chi connectivity index (χ2v) is 15.2. The van der Waals surface area contributed by atoms with Crippen LogP contribution in [0.3, 0.4) is 0 Å². The summed E-state index contributed by atoms with van der Waals surface area (Å²) in [6.07, 6.45) is 5.30. The number of rotatable bonds is 25. The third-order valence-corrected chi connectivity index (χ3v) is 10.5. The first-order valence-electron chi connectivity index (χ1n) is 20.4. The molecule has 0 spiro atoms. The predicted molar refractivity (Wildman–Crippen MR) is 219 cm³/mol. The molecule has 1 aliphatic heterocycles. The van der Waals surface area contributed by atoms with Crippen LogP contribution in [0, 0.1) is 5.92 Å². The van der Waals surface area contributed by atoms with Gasteiger partial charge in [0, 0.05) is 37.7 Å². The Bertz CT molecular complexity index is 1760. The Labute approximate surface area is 349 Å². The fourth-order valence-corrected chi connectivity index (χ4v) is 6.73. The predicted octanol–water partition coefficient (Wildman–Crippen LogP) is -1.52. The molecule has 0 aliphatic carbocycles. The lowest BCUT2D eigenvalue weighted by atomic mass is 9.96. The number of nitrogens with zero attached hydrogens (tertiary/aromatic N) is 2. The molecule has 13 N–H and O–H groups in total. The molecule has 2 aromatic rings. The maximum absolute atomic E-state index is 14.4. The van der Waals surface area contributed by atoms with Gasteiger partial charge in [-0.2, -0.15) is 0 Å². The van der Waals surface area contributed by atoms with E-state index in [9.17, 15) is 43.5 Å². The third kappa shape index (κ3) is 15.0. The number of aromatic nitrogens is 2. The molecular weight excluding hydrogens is 779 g/mol. The Kier molecular flexibility index (Phi) is 19.6. The molecule has 8 atom stereocenters. The SMILES string of the molecule is CC[C@H](C)[C@H](NC(=O)[C@@H](N)CCCCN)C(=O)N[C@@H](Cc1cnc[nH]1)C(=O)N1CCC[C@H]1C(=O)N[C@@H](Cc1ccccc1)C(=O)N[C@@H](C)C(=O)N[C@@H](CCC(N)=O)C(=O)O. The minimum atomic E-state index is -1.44. The molecule has 1 aromatic heterocycles. The first-order valence-corrected chi connectivity index (χ1v) is 20.4. The van der Waals surface area contributed by atoms with Crippen LogP contribution in [0.25, 0.3) is 0 Å². The number of hydrogen-bond acceptors (Lipinski definition) is 11. The van der Waals surface area contributed by atoms with E-state index < -0.39 is 89.6 Å². The summed E-state index contributed by atoms with van der Waals surface area (Å²) in [5.74, 6) is -6.40. The molecule has 0 radical (unpaired) electrons. The molecule has 1 saturated heterocycles. The van der Waals surface area contributed by atoms with Gasteiger partial charge in [0.25, 0.3) is 0 Å². The lowest BCUT2D eigenvalue weighted by Gasteiger charge is -2.31. The van der Waals surface area contributed by atoms with Gasteiger partial charge in [0.15, 0.2) is 0 Å². The van der Waals surface area contributed by atoms with Gasteiger partial charge >= 0.3 is 5.97 Å². The summed E-state index contributed by atoms with van der Waals surface area (Å²) in [5.41, 5.74) is 18.0. The Hall–Kier alpha value is -5.89. The Morgan fingerprint density at radius 2 is 1.57 bits per heavy atom. The number of nitrogens with two attached hydrogens (primary N) is 3. The monoisotopic (exact) mass is 839 g/mol. The second kappa shape index (κ2) is 24.3. The van der Waals surface area contributed by atoms with Crippen LogP contribution in [-0.2, 0) is 51.2 Å². The third-order valence-electron chi connectivity index (χ3n) is 10.5. The maximum Gasteiger partial charge on any atom is 0.326 e. The van der Waals surface area contributed by atoms with E-state index in [-0.39, 0.29) is 44.6 Å². The van der Waals surface area contributed by atoms with Crippen LogP contribution in [0.2, 0.25) is 0 Å². The Morgan fingerprint density at radius 1 is 0.867 bits per heavy atom. The highest BCUT2D eigenvalue weighted by Gasteiger charge is 2.40. The van der Waals surface area contributed by atoms with Gasteiger partial charge in [0.1, 0.15) is 36.3 Å². The molecule has 1 aromatic carbocycles. The largest absolute Gasteiger partial charge is 0.480 e. The van der Waals surface area contributed by atoms with Crippen LogP contribution in [0.5, 0.6) is 0 Å². The standard InChI is InChI=1S/C40H61N11O9/c1-4-23(2)33(50-35(54)27(42)13-8-9-17-41)38(57)49-30(20-26-21-44-22-45-26)39(58)51-18-10-14-31(51)37(56)48-29(19-25-11-6-5-7-12-25)36(55)46-24(3)34(53)47-28(40(59)60)15-16-32(43)52/h5-7,11-12,21-24,27-31,33H,4,8-10,13-20,41-42H2,1-3H3,(H2,43,52)(H,44,45)(H,46,55)(H,47,53)(H,48,56)(H,49,57)(H,50,54)(H,59,60)/t23-,24-,27-,28-,29-,30-,31-,33-/m0/s1. The molecule has 0 unspecified atom stereocenters. The van der Waals surface area contributed by atoms with Crippen LogP contribution >= 0.6 is 0 Å². The summed E-state index contributed by atoms with van der Waals surface area (Å²) in [6, 6.07) is 0.735. The van der Waals surface area contributed by atoms with Crippen molar-refractivity contribution in [1.82, 2.24) is 41.5 Å². The van der Waals surface area contributed by atoms with Crippen LogP contribution in [0.1, 0.15) is 83.4 Å². The molecule has 7 amide bonds. The number of nitrogens with one attached hydrogen (secondary N) is 6. The number of likely N-dealkylation sites (tertiary alicyclic amines) is 1. The number of amides is 7. The molecule has 1 aliphatic rings. The molecule has 1 fully saturated rings. The number of unbranched alkanes of at least 4 members (excludes halogenated alkanes) is 1. The van der Waals surface area contributed by atoms with Gasteiger partial charge in [-0.05, 0) is 57.1 Å². The second-order valence-electron chi connectivity index (χ2n) is 15.2. The number of aromatic amines is 1. The fraction of sp³-hybridized carbons (Fsp3) is 0.575. The van der Waals surface area contributed by atoms with Crippen molar-refractivity contribution in [3.05, 3.63) is 54.1 Å².